The van der Waals surface area contributed by atoms with Crippen LogP contribution in [0.3, 0.4) is 0 Å². The number of hydrogen-bond donors (Lipinski definition) is 0. The molecule has 0 unspecified atom stereocenters. The molecule has 1 aromatic carbocycles. The van der Waals surface area contributed by atoms with Gasteiger partial charge in [0, 0.05) is 11.8 Å². The summed E-state index contributed by atoms with van der Waals surface area (Å²) in [7, 11) is 1.62. The topological polar surface area (TPSA) is 73.9 Å². The summed E-state index contributed by atoms with van der Waals surface area (Å²) in [5.41, 5.74) is 2.36. The first-order valence-corrected chi connectivity index (χ1v) is 6.03. The minimum Gasteiger partial charge on any atom is -0.497 e. The third-order valence-electron chi connectivity index (χ3n) is 2.90. The lowest BCUT2D eigenvalue weighted by Gasteiger charge is -1.99. The van der Waals surface area contributed by atoms with Crippen LogP contribution in [0.1, 0.15) is 5.69 Å². The van der Waals surface area contributed by atoms with E-state index in [9.17, 15) is 0 Å². The Morgan fingerprint density at radius 1 is 1.05 bits per heavy atom. The second-order valence-electron chi connectivity index (χ2n) is 4.16. The van der Waals surface area contributed by atoms with Crippen molar-refractivity contribution in [3.8, 4) is 28.7 Å². The number of benzene rings is 1. The highest BCUT2D eigenvalue weighted by molar-refractivity contribution is 5.59. The quantitative estimate of drug-likeness (QED) is 0.726. The van der Waals surface area contributed by atoms with Gasteiger partial charge >= 0.3 is 0 Å². The number of aromatic nitrogens is 4. The van der Waals surface area contributed by atoms with Gasteiger partial charge in [-0.3, -0.25) is 0 Å². The molecule has 0 N–H and O–H groups in total. The molecular weight excluding hydrogens is 256 g/mol. The van der Waals surface area contributed by atoms with Crippen LogP contribution in [0.15, 0.2) is 41.2 Å². The van der Waals surface area contributed by atoms with Crippen LogP contribution in [-0.2, 0) is 0 Å². The molecule has 3 aromatic rings. The average Bonchev–Trinajstić information content (AvgIpc) is 2.97. The summed E-state index contributed by atoms with van der Waals surface area (Å²) in [5.74, 6) is 1.64. The second-order valence-corrected chi connectivity index (χ2v) is 4.16. The standard InChI is InChI=1S/C14H12N4O2/c1-9-12(7-15-8-16-9)14-18-17-13(20-14)10-3-5-11(19-2)6-4-10/h3-8H,1-2H3. The molecule has 0 atom stereocenters. The van der Waals surface area contributed by atoms with Crippen LogP contribution in [0.5, 0.6) is 5.75 Å². The van der Waals surface area contributed by atoms with Crippen molar-refractivity contribution in [3.63, 3.8) is 0 Å². The Labute approximate surface area is 115 Å². The van der Waals surface area contributed by atoms with Gasteiger partial charge < -0.3 is 9.15 Å². The molecule has 0 amide bonds. The molecule has 2 aromatic heterocycles. The number of ether oxygens (including phenoxy) is 1. The summed E-state index contributed by atoms with van der Waals surface area (Å²) in [6, 6.07) is 7.42. The minimum atomic E-state index is 0.411. The number of aryl methyl sites for hydroxylation is 1. The summed E-state index contributed by atoms with van der Waals surface area (Å²) in [6.07, 6.45) is 3.15. The van der Waals surface area contributed by atoms with Crippen LogP contribution in [0.25, 0.3) is 22.9 Å². The monoisotopic (exact) mass is 268 g/mol. The Bertz CT molecular complexity index is 722. The van der Waals surface area contributed by atoms with Crippen LogP contribution in [0, 0.1) is 6.92 Å². The van der Waals surface area contributed by atoms with Gasteiger partial charge in [0.15, 0.2) is 0 Å². The van der Waals surface area contributed by atoms with Crippen molar-refractivity contribution < 1.29 is 9.15 Å². The lowest BCUT2D eigenvalue weighted by atomic mass is 10.2. The molecule has 0 saturated heterocycles. The lowest BCUT2D eigenvalue weighted by molar-refractivity contribution is 0.415. The first-order valence-electron chi connectivity index (χ1n) is 6.03. The molecule has 0 radical (unpaired) electrons. The normalized spacial score (nSPS) is 10.5. The first-order chi connectivity index (χ1) is 9.78. The molecule has 0 saturated carbocycles. The summed E-state index contributed by atoms with van der Waals surface area (Å²) >= 11 is 0. The van der Waals surface area contributed by atoms with Crippen LogP contribution in [0.4, 0.5) is 0 Å². The van der Waals surface area contributed by atoms with E-state index in [2.05, 4.69) is 20.2 Å². The molecule has 0 spiro atoms. The minimum absolute atomic E-state index is 0.411. The van der Waals surface area contributed by atoms with E-state index in [1.807, 2.05) is 31.2 Å². The molecule has 6 heteroatoms. The summed E-state index contributed by atoms with van der Waals surface area (Å²) in [5, 5.41) is 8.08. The highest BCUT2D eigenvalue weighted by Crippen LogP contribution is 2.25. The van der Waals surface area contributed by atoms with Crippen molar-refractivity contribution >= 4 is 0 Å². The molecule has 2 heterocycles. The zero-order valence-corrected chi connectivity index (χ0v) is 11.1. The molecule has 100 valence electrons. The van der Waals surface area contributed by atoms with Crippen molar-refractivity contribution in [3.05, 3.63) is 42.5 Å². The van der Waals surface area contributed by atoms with E-state index in [0.717, 1.165) is 22.6 Å². The molecule has 0 fully saturated rings. The number of rotatable bonds is 3. The van der Waals surface area contributed by atoms with Gasteiger partial charge in [0.05, 0.1) is 18.4 Å². The predicted octanol–water partition coefficient (Wildman–Crippen LogP) is 2.51. The van der Waals surface area contributed by atoms with Gasteiger partial charge in [-0.05, 0) is 31.2 Å². The zero-order valence-electron chi connectivity index (χ0n) is 11.1. The first kappa shape index (κ1) is 12.3. The zero-order chi connectivity index (χ0) is 13.9. The average molecular weight is 268 g/mol. The third-order valence-corrected chi connectivity index (χ3v) is 2.90. The SMILES string of the molecule is COc1ccc(-c2nnc(-c3cncnc3C)o2)cc1. The fourth-order valence-electron chi connectivity index (χ4n) is 1.78. The van der Waals surface area contributed by atoms with Gasteiger partial charge in [-0.15, -0.1) is 10.2 Å². The fourth-order valence-corrected chi connectivity index (χ4v) is 1.78. The number of hydrogen-bond acceptors (Lipinski definition) is 6. The lowest BCUT2D eigenvalue weighted by Crippen LogP contribution is -1.88. The van der Waals surface area contributed by atoms with Crippen molar-refractivity contribution in [2.24, 2.45) is 0 Å². The second kappa shape index (κ2) is 5.08. The third kappa shape index (κ3) is 2.23. The van der Waals surface area contributed by atoms with Crippen LogP contribution in [0.2, 0.25) is 0 Å². The summed E-state index contributed by atoms with van der Waals surface area (Å²) < 4.78 is 10.8. The van der Waals surface area contributed by atoms with Gasteiger partial charge in [0.1, 0.15) is 12.1 Å². The molecule has 6 nitrogen and oxygen atoms in total. The maximum absolute atomic E-state index is 5.67. The fraction of sp³-hybridized carbons (Fsp3) is 0.143. The summed E-state index contributed by atoms with van der Waals surface area (Å²) in [4.78, 5) is 8.08. The van der Waals surface area contributed by atoms with E-state index in [0.29, 0.717) is 11.8 Å². The van der Waals surface area contributed by atoms with Crippen molar-refractivity contribution in [1.29, 1.82) is 0 Å². The maximum Gasteiger partial charge on any atom is 0.251 e. The number of nitrogens with zero attached hydrogens (tertiary/aromatic N) is 4. The Balaban J connectivity index is 1.95. The van der Waals surface area contributed by atoms with Gasteiger partial charge in [-0.25, -0.2) is 9.97 Å². The Morgan fingerprint density at radius 2 is 1.80 bits per heavy atom. The van der Waals surface area contributed by atoms with E-state index in [-0.39, 0.29) is 0 Å². The van der Waals surface area contributed by atoms with Crippen molar-refractivity contribution in [2.45, 2.75) is 6.92 Å². The van der Waals surface area contributed by atoms with E-state index < -0.39 is 0 Å². The molecule has 0 aliphatic carbocycles. The van der Waals surface area contributed by atoms with E-state index in [1.165, 1.54) is 6.33 Å². The van der Waals surface area contributed by atoms with Gasteiger partial charge in [0.2, 0.25) is 5.89 Å². The van der Waals surface area contributed by atoms with Crippen molar-refractivity contribution in [1.82, 2.24) is 20.2 Å². The molecule has 3 rings (SSSR count). The van der Waals surface area contributed by atoms with E-state index >= 15 is 0 Å². The van der Waals surface area contributed by atoms with Crippen LogP contribution < -0.4 is 4.74 Å². The Kier molecular flexibility index (Phi) is 3.12. The molecular formula is C14H12N4O2. The predicted molar refractivity (Wildman–Crippen MR) is 72.0 cm³/mol. The number of methoxy groups -OCH3 is 1. The van der Waals surface area contributed by atoms with Gasteiger partial charge in [-0.2, -0.15) is 0 Å². The largest absolute Gasteiger partial charge is 0.497 e. The molecule has 20 heavy (non-hydrogen) atoms. The summed E-state index contributed by atoms with van der Waals surface area (Å²) in [6.45, 7) is 1.87. The van der Waals surface area contributed by atoms with Gasteiger partial charge in [0.25, 0.3) is 5.89 Å². The van der Waals surface area contributed by atoms with E-state index in [4.69, 9.17) is 9.15 Å². The van der Waals surface area contributed by atoms with Crippen LogP contribution >= 0.6 is 0 Å². The maximum atomic E-state index is 5.67. The van der Waals surface area contributed by atoms with Gasteiger partial charge in [-0.1, -0.05) is 0 Å². The van der Waals surface area contributed by atoms with E-state index in [1.54, 1.807) is 13.3 Å². The Hall–Kier alpha value is -2.76. The highest BCUT2D eigenvalue weighted by atomic mass is 16.5. The molecule has 0 aliphatic rings. The van der Waals surface area contributed by atoms with Crippen molar-refractivity contribution in [2.75, 3.05) is 7.11 Å². The smallest absolute Gasteiger partial charge is 0.251 e. The molecule has 0 bridgehead atoms. The Morgan fingerprint density at radius 3 is 2.50 bits per heavy atom. The highest BCUT2D eigenvalue weighted by Gasteiger charge is 2.13. The molecule has 0 aliphatic heterocycles. The van der Waals surface area contributed by atoms with Crippen LogP contribution in [-0.4, -0.2) is 27.3 Å².